The Morgan fingerprint density at radius 1 is 0.941 bits per heavy atom. The highest BCUT2D eigenvalue weighted by Crippen LogP contribution is 2.43. The molecule has 0 bridgehead atoms. The third kappa shape index (κ3) is 4.35. The first-order valence-electron chi connectivity index (χ1n) is 11.0. The molecule has 5 nitrogen and oxygen atoms in total. The lowest BCUT2D eigenvalue weighted by Gasteiger charge is -2.27. The molecule has 0 unspecified atom stereocenters. The number of benzene rings is 3. The van der Waals surface area contributed by atoms with E-state index in [4.69, 9.17) is 0 Å². The molecule has 1 aliphatic rings. The van der Waals surface area contributed by atoms with Crippen LogP contribution in [0.5, 0.6) is 0 Å². The van der Waals surface area contributed by atoms with Gasteiger partial charge in [0.15, 0.2) is 5.76 Å². The van der Waals surface area contributed by atoms with E-state index in [-0.39, 0.29) is 22.3 Å². The van der Waals surface area contributed by atoms with Gasteiger partial charge in [0, 0.05) is 6.54 Å². The maximum atomic E-state index is 13.7. The molecule has 3 aromatic carbocycles. The Labute approximate surface area is 199 Å². The van der Waals surface area contributed by atoms with E-state index in [2.05, 4.69) is 0 Å². The average Bonchev–Trinajstić information content (AvgIpc) is 3.06. The second-order valence-electron chi connectivity index (χ2n) is 8.81. The minimum absolute atomic E-state index is 0.000109. The van der Waals surface area contributed by atoms with Gasteiger partial charge in [-0.2, -0.15) is 0 Å². The standard InChI is InChI=1S/C27H26FNO4S/c1-17(2)20-8-10-21(11-9-20)24-26(34(32,33)23-14-4-18(3)5-15-23)25(30)27(31)29(24)16-19-6-12-22(28)13-7-19/h4-15,17,24,30H,16H2,1-3H3/t24-/m0/s1. The predicted octanol–water partition coefficient (Wildman–Crippen LogP) is 5.58. The summed E-state index contributed by atoms with van der Waals surface area (Å²) >= 11 is 0. The fourth-order valence-corrected chi connectivity index (χ4v) is 5.74. The number of hydrogen-bond donors (Lipinski definition) is 1. The van der Waals surface area contributed by atoms with Crippen molar-refractivity contribution in [1.29, 1.82) is 0 Å². The first kappa shape index (κ1) is 23.7. The topological polar surface area (TPSA) is 74.7 Å². The number of halogens is 1. The van der Waals surface area contributed by atoms with E-state index >= 15 is 0 Å². The minimum Gasteiger partial charge on any atom is -0.502 e. The lowest BCUT2D eigenvalue weighted by atomic mass is 9.98. The Kier molecular flexibility index (Phi) is 6.32. The molecule has 0 fully saturated rings. The molecule has 3 aromatic rings. The number of carbonyl (C=O) groups excluding carboxylic acids is 1. The number of sulfone groups is 1. The fourth-order valence-electron chi connectivity index (χ4n) is 4.09. The summed E-state index contributed by atoms with van der Waals surface area (Å²) in [5, 5.41) is 10.8. The molecule has 1 aliphatic heterocycles. The van der Waals surface area contributed by atoms with Crippen LogP contribution >= 0.6 is 0 Å². The SMILES string of the molecule is Cc1ccc(S(=O)(=O)C2=C(O)C(=O)N(Cc3ccc(F)cc3)[C@H]2c2ccc(C(C)C)cc2)cc1. The summed E-state index contributed by atoms with van der Waals surface area (Å²) in [5.41, 5.74) is 3.13. The normalized spacial score (nSPS) is 16.6. The van der Waals surface area contributed by atoms with Crippen LogP contribution in [-0.4, -0.2) is 24.3 Å². The molecule has 0 radical (unpaired) electrons. The lowest BCUT2D eigenvalue weighted by molar-refractivity contribution is -0.130. The molecule has 0 saturated heterocycles. The van der Waals surface area contributed by atoms with Gasteiger partial charge >= 0.3 is 0 Å². The van der Waals surface area contributed by atoms with E-state index < -0.39 is 33.4 Å². The van der Waals surface area contributed by atoms with Crippen LogP contribution in [0, 0.1) is 12.7 Å². The molecular weight excluding hydrogens is 453 g/mol. The number of carbonyl (C=O) groups is 1. The molecule has 0 aliphatic carbocycles. The molecule has 0 aromatic heterocycles. The molecule has 1 heterocycles. The third-order valence-corrected chi connectivity index (χ3v) is 7.95. The van der Waals surface area contributed by atoms with Crippen molar-refractivity contribution in [2.75, 3.05) is 0 Å². The highest BCUT2D eigenvalue weighted by atomic mass is 32.2. The van der Waals surface area contributed by atoms with Crippen LogP contribution in [-0.2, 0) is 21.2 Å². The van der Waals surface area contributed by atoms with Gasteiger partial charge in [-0.1, -0.05) is 67.9 Å². The summed E-state index contributed by atoms with van der Waals surface area (Å²) in [6.45, 7) is 5.95. The van der Waals surface area contributed by atoms with Crippen LogP contribution in [0.1, 0.15) is 48.1 Å². The van der Waals surface area contributed by atoms with Gasteiger partial charge in [-0.05, 0) is 53.8 Å². The maximum Gasteiger partial charge on any atom is 0.290 e. The Bertz CT molecular complexity index is 1340. The van der Waals surface area contributed by atoms with Gasteiger partial charge in [-0.3, -0.25) is 4.79 Å². The molecule has 0 spiro atoms. The van der Waals surface area contributed by atoms with E-state index in [1.807, 2.05) is 32.9 Å². The van der Waals surface area contributed by atoms with Crippen molar-refractivity contribution in [3.63, 3.8) is 0 Å². The molecule has 1 atom stereocenters. The zero-order valence-electron chi connectivity index (χ0n) is 19.2. The van der Waals surface area contributed by atoms with Crippen LogP contribution in [0.25, 0.3) is 0 Å². The van der Waals surface area contributed by atoms with E-state index in [0.29, 0.717) is 11.1 Å². The van der Waals surface area contributed by atoms with E-state index in [1.165, 1.54) is 41.3 Å². The van der Waals surface area contributed by atoms with E-state index in [0.717, 1.165) is 11.1 Å². The number of aryl methyl sites for hydroxylation is 1. The monoisotopic (exact) mass is 479 g/mol. The van der Waals surface area contributed by atoms with Crippen LogP contribution in [0.4, 0.5) is 4.39 Å². The van der Waals surface area contributed by atoms with Crippen molar-refractivity contribution in [2.24, 2.45) is 0 Å². The number of aliphatic hydroxyl groups is 1. The fraction of sp³-hybridized carbons (Fsp3) is 0.222. The van der Waals surface area contributed by atoms with Crippen LogP contribution < -0.4 is 0 Å². The van der Waals surface area contributed by atoms with Crippen molar-refractivity contribution >= 4 is 15.7 Å². The zero-order valence-corrected chi connectivity index (χ0v) is 20.0. The van der Waals surface area contributed by atoms with Gasteiger partial charge in [0.05, 0.1) is 10.9 Å². The van der Waals surface area contributed by atoms with Gasteiger partial charge in [0.2, 0.25) is 9.84 Å². The molecule has 34 heavy (non-hydrogen) atoms. The van der Waals surface area contributed by atoms with Crippen molar-refractivity contribution < 1.29 is 22.7 Å². The van der Waals surface area contributed by atoms with E-state index in [9.17, 15) is 22.7 Å². The molecule has 176 valence electrons. The van der Waals surface area contributed by atoms with Gasteiger partial charge in [-0.15, -0.1) is 0 Å². The molecular formula is C27H26FNO4S. The molecule has 4 rings (SSSR count). The zero-order chi connectivity index (χ0) is 24.6. The molecule has 1 amide bonds. The Morgan fingerprint density at radius 3 is 2.09 bits per heavy atom. The second-order valence-corrected chi connectivity index (χ2v) is 10.7. The average molecular weight is 480 g/mol. The van der Waals surface area contributed by atoms with E-state index in [1.54, 1.807) is 24.3 Å². The second kappa shape index (κ2) is 9.06. The lowest BCUT2D eigenvalue weighted by Crippen LogP contribution is -2.30. The van der Waals surface area contributed by atoms with Crippen molar-refractivity contribution in [3.8, 4) is 0 Å². The van der Waals surface area contributed by atoms with Gasteiger partial charge in [-0.25, -0.2) is 12.8 Å². The Balaban J connectivity index is 1.84. The predicted molar refractivity (Wildman–Crippen MR) is 128 cm³/mol. The summed E-state index contributed by atoms with van der Waals surface area (Å²) in [5.74, 6) is -1.72. The van der Waals surface area contributed by atoms with Gasteiger partial charge < -0.3 is 10.0 Å². The number of amides is 1. The van der Waals surface area contributed by atoms with Gasteiger partial charge in [0.25, 0.3) is 5.91 Å². The molecule has 0 saturated carbocycles. The maximum absolute atomic E-state index is 13.7. The highest BCUT2D eigenvalue weighted by molar-refractivity contribution is 7.95. The quantitative estimate of drug-likeness (QED) is 0.501. The number of nitrogens with zero attached hydrogens (tertiary/aromatic N) is 1. The van der Waals surface area contributed by atoms with Crippen molar-refractivity contribution in [1.82, 2.24) is 4.90 Å². The largest absolute Gasteiger partial charge is 0.502 e. The Morgan fingerprint density at radius 2 is 1.53 bits per heavy atom. The minimum atomic E-state index is -4.19. The summed E-state index contributed by atoms with van der Waals surface area (Å²) < 4.78 is 40.7. The molecule has 7 heteroatoms. The molecule has 1 N–H and O–H groups in total. The third-order valence-electron chi connectivity index (χ3n) is 6.06. The van der Waals surface area contributed by atoms with Crippen LogP contribution in [0.15, 0.2) is 88.4 Å². The summed E-state index contributed by atoms with van der Waals surface area (Å²) in [6, 6.07) is 18.2. The first-order chi connectivity index (χ1) is 16.1. The van der Waals surface area contributed by atoms with Crippen LogP contribution in [0.3, 0.4) is 0 Å². The number of aliphatic hydroxyl groups excluding tert-OH is 1. The first-order valence-corrected chi connectivity index (χ1v) is 12.5. The highest BCUT2D eigenvalue weighted by Gasteiger charge is 2.46. The summed E-state index contributed by atoms with van der Waals surface area (Å²) in [7, 11) is -4.19. The van der Waals surface area contributed by atoms with Crippen molar-refractivity contribution in [2.45, 2.75) is 44.2 Å². The van der Waals surface area contributed by atoms with Crippen LogP contribution in [0.2, 0.25) is 0 Å². The number of rotatable bonds is 6. The Hall–Kier alpha value is -3.45. The summed E-state index contributed by atoms with van der Waals surface area (Å²) in [6.07, 6.45) is 0. The van der Waals surface area contributed by atoms with Gasteiger partial charge in [0.1, 0.15) is 10.7 Å². The smallest absolute Gasteiger partial charge is 0.290 e. The summed E-state index contributed by atoms with van der Waals surface area (Å²) in [4.78, 5) is 14.1. The van der Waals surface area contributed by atoms with Crippen molar-refractivity contribution in [3.05, 3.63) is 112 Å². The number of hydrogen-bond acceptors (Lipinski definition) is 4.